The fourth-order valence-electron chi connectivity index (χ4n) is 2.81. The average molecular weight is 423 g/mol. The summed E-state index contributed by atoms with van der Waals surface area (Å²) in [6, 6.07) is 7.62. The van der Waals surface area contributed by atoms with E-state index in [9.17, 15) is 4.79 Å². The highest BCUT2D eigenvalue weighted by atomic mass is 35.5. The quantitative estimate of drug-likeness (QED) is 0.774. The predicted octanol–water partition coefficient (Wildman–Crippen LogP) is 4.51. The van der Waals surface area contributed by atoms with Gasteiger partial charge in [0.05, 0.1) is 0 Å². The van der Waals surface area contributed by atoms with Crippen molar-refractivity contribution < 1.29 is 4.79 Å². The van der Waals surface area contributed by atoms with E-state index in [4.69, 9.17) is 17.3 Å². The van der Waals surface area contributed by atoms with Gasteiger partial charge in [0, 0.05) is 35.1 Å². The van der Waals surface area contributed by atoms with Gasteiger partial charge in [-0.15, -0.1) is 36.2 Å². The summed E-state index contributed by atoms with van der Waals surface area (Å²) in [4.78, 5) is 19.1. The fourth-order valence-corrected chi connectivity index (χ4v) is 3.73. The number of carbonyl (C=O) groups is 1. The molecule has 138 valence electrons. The minimum absolute atomic E-state index is 0. The lowest BCUT2D eigenvalue weighted by Crippen LogP contribution is -2.54. The summed E-state index contributed by atoms with van der Waals surface area (Å²) >= 11 is 7.38. The van der Waals surface area contributed by atoms with Gasteiger partial charge < -0.3 is 10.6 Å². The second-order valence-corrected chi connectivity index (χ2v) is 7.95. The third kappa shape index (κ3) is 4.86. The first-order valence-corrected chi connectivity index (χ1v) is 8.89. The molecule has 25 heavy (non-hydrogen) atoms. The topological polar surface area (TPSA) is 59.2 Å². The Labute approximate surface area is 169 Å². The van der Waals surface area contributed by atoms with E-state index < -0.39 is 0 Å². The van der Waals surface area contributed by atoms with Crippen LogP contribution >= 0.6 is 47.8 Å². The Morgan fingerprint density at radius 1 is 1.32 bits per heavy atom. The monoisotopic (exact) mass is 421 g/mol. The number of halogens is 3. The van der Waals surface area contributed by atoms with Crippen LogP contribution in [0.4, 0.5) is 0 Å². The molecule has 1 aromatic carbocycles. The van der Waals surface area contributed by atoms with Crippen LogP contribution in [0, 0.1) is 5.41 Å². The van der Waals surface area contributed by atoms with Gasteiger partial charge in [-0.2, -0.15) is 0 Å². The molecule has 1 aliphatic heterocycles. The van der Waals surface area contributed by atoms with Gasteiger partial charge in [-0.25, -0.2) is 4.98 Å². The van der Waals surface area contributed by atoms with Crippen LogP contribution in [0.3, 0.4) is 0 Å². The van der Waals surface area contributed by atoms with Gasteiger partial charge >= 0.3 is 0 Å². The van der Waals surface area contributed by atoms with Gasteiger partial charge in [-0.05, 0) is 24.0 Å². The van der Waals surface area contributed by atoms with E-state index >= 15 is 0 Å². The molecule has 1 saturated heterocycles. The van der Waals surface area contributed by atoms with E-state index in [2.05, 4.69) is 18.8 Å². The molecule has 0 spiro atoms. The molecule has 2 N–H and O–H groups in total. The largest absolute Gasteiger partial charge is 0.337 e. The van der Waals surface area contributed by atoms with Crippen LogP contribution in [0.2, 0.25) is 5.02 Å². The number of thiazole rings is 1. The Morgan fingerprint density at radius 2 is 1.96 bits per heavy atom. The van der Waals surface area contributed by atoms with Crippen molar-refractivity contribution in [3.05, 3.63) is 40.4 Å². The highest BCUT2D eigenvalue weighted by Gasteiger charge is 2.36. The third-order valence-corrected chi connectivity index (χ3v) is 5.56. The molecule has 1 fully saturated rings. The van der Waals surface area contributed by atoms with Gasteiger partial charge in [0.1, 0.15) is 10.7 Å². The molecule has 1 atom stereocenters. The second-order valence-electron chi connectivity index (χ2n) is 6.66. The van der Waals surface area contributed by atoms with Crippen molar-refractivity contribution in [3.8, 4) is 10.6 Å². The van der Waals surface area contributed by atoms with Crippen LogP contribution in [0.15, 0.2) is 29.6 Å². The van der Waals surface area contributed by atoms with Crippen LogP contribution < -0.4 is 5.73 Å². The molecule has 0 bridgehead atoms. The molecule has 1 aromatic heterocycles. The number of nitrogens with zero attached hydrogens (tertiary/aromatic N) is 2. The van der Waals surface area contributed by atoms with Crippen molar-refractivity contribution in [2.24, 2.45) is 11.1 Å². The zero-order valence-corrected chi connectivity index (χ0v) is 17.3. The van der Waals surface area contributed by atoms with Gasteiger partial charge in [-0.3, -0.25) is 4.79 Å². The van der Waals surface area contributed by atoms with Crippen molar-refractivity contribution in [2.75, 3.05) is 13.1 Å². The molecule has 1 unspecified atom stereocenters. The first kappa shape index (κ1) is 22.2. The average Bonchev–Trinajstić information content (AvgIpc) is 3.00. The van der Waals surface area contributed by atoms with Crippen molar-refractivity contribution in [1.82, 2.24) is 9.88 Å². The van der Waals surface area contributed by atoms with E-state index in [0.29, 0.717) is 23.8 Å². The summed E-state index contributed by atoms with van der Waals surface area (Å²) in [6.07, 6.45) is 0.826. The zero-order chi connectivity index (χ0) is 16.6. The Balaban J connectivity index is 0.00000156. The number of hydrogen-bond acceptors (Lipinski definition) is 4. The normalized spacial score (nSPS) is 18.9. The van der Waals surface area contributed by atoms with Crippen LogP contribution in [0.1, 0.15) is 30.8 Å². The lowest BCUT2D eigenvalue weighted by atomic mass is 9.79. The van der Waals surface area contributed by atoms with E-state index in [1.165, 1.54) is 11.3 Å². The van der Waals surface area contributed by atoms with Crippen molar-refractivity contribution in [3.63, 3.8) is 0 Å². The lowest BCUT2D eigenvalue weighted by Gasteiger charge is -2.42. The van der Waals surface area contributed by atoms with E-state index in [1.54, 1.807) is 0 Å². The molecular weight excluding hydrogens is 401 g/mol. The van der Waals surface area contributed by atoms with Crippen molar-refractivity contribution in [1.29, 1.82) is 0 Å². The Hall–Kier alpha value is -0.850. The fraction of sp³-hybridized carbons (Fsp3) is 0.412. The van der Waals surface area contributed by atoms with E-state index in [0.717, 1.165) is 17.0 Å². The summed E-state index contributed by atoms with van der Waals surface area (Å²) in [5, 5.41) is 3.35. The number of nitrogens with two attached hydrogens (primary N) is 1. The Kier molecular flexibility index (Phi) is 7.71. The number of likely N-dealkylation sites (tertiary alicyclic amines) is 1. The van der Waals surface area contributed by atoms with E-state index in [-0.39, 0.29) is 42.2 Å². The Morgan fingerprint density at radius 3 is 2.56 bits per heavy atom. The molecule has 3 rings (SSSR count). The maximum Gasteiger partial charge on any atom is 0.273 e. The van der Waals surface area contributed by atoms with Crippen LogP contribution in [-0.2, 0) is 0 Å². The summed E-state index contributed by atoms with van der Waals surface area (Å²) in [5.41, 5.74) is 7.55. The number of carbonyl (C=O) groups excluding carboxylic acids is 1. The summed E-state index contributed by atoms with van der Waals surface area (Å²) in [5.74, 6) is -0.0126. The minimum atomic E-state index is -0.0665. The maximum absolute atomic E-state index is 12.7. The summed E-state index contributed by atoms with van der Waals surface area (Å²) < 4.78 is 0. The number of amides is 1. The van der Waals surface area contributed by atoms with Crippen molar-refractivity contribution >= 4 is 53.7 Å². The first-order chi connectivity index (χ1) is 10.9. The number of rotatable bonds is 2. The smallest absolute Gasteiger partial charge is 0.273 e. The van der Waals surface area contributed by atoms with Crippen LogP contribution in [0.25, 0.3) is 10.6 Å². The van der Waals surface area contributed by atoms with Gasteiger partial charge in [0.2, 0.25) is 0 Å². The minimum Gasteiger partial charge on any atom is -0.337 e. The molecule has 8 heteroatoms. The SMILES string of the molecule is CC1(C)CN(C(=O)c2csc(-c3ccc(Cl)cc3)n2)CCC1N.Cl.Cl. The van der Waals surface area contributed by atoms with E-state index in [1.807, 2.05) is 34.5 Å². The first-order valence-electron chi connectivity index (χ1n) is 7.63. The molecule has 0 aliphatic carbocycles. The molecule has 4 nitrogen and oxygen atoms in total. The predicted molar refractivity (Wildman–Crippen MR) is 109 cm³/mol. The van der Waals surface area contributed by atoms with Crippen LogP contribution in [-0.4, -0.2) is 34.9 Å². The molecule has 1 aliphatic rings. The summed E-state index contributed by atoms with van der Waals surface area (Å²) in [7, 11) is 0. The molecular formula is C17H22Cl3N3OS. The number of aromatic nitrogens is 1. The molecule has 2 aromatic rings. The Bertz CT molecular complexity index is 718. The van der Waals surface area contributed by atoms with Crippen molar-refractivity contribution in [2.45, 2.75) is 26.3 Å². The molecule has 1 amide bonds. The van der Waals surface area contributed by atoms with Crippen LogP contribution in [0.5, 0.6) is 0 Å². The molecule has 0 saturated carbocycles. The highest BCUT2D eigenvalue weighted by Crippen LogP contribution is 2.30. The van der Waals surface area contributed by atoms with Gasteiger partial charge in [0.15, 0.2) is 0 Å². The maximum atomic E-state index is 12.7. The standard InChI is InChI=1S/C17H20ClN3OS.2ClH/c1-17(2)10-21(8-7-14(17)19)16(22)13-9-23-15(20-13)11-3-5-12(18)6-4-11;;/h3-6,9,14H,7-8,10,19H2,1-2H3;2*1H. The molecule has 2 heterocycles. The second kappa shape index (κ2) is 8.69. The van der Waals surface area contributed by atoms with Gasteiger partial charge in [0.25, 0.3) is 5.91 Å². The summed E-state index contributed by atoms with van der Waals surface area (Å²) in [6.45, 7) is 5.58. The number of hydrogen-bond donors (Lipinski definition) is 1. The van der Waals surface area contributed by atoms with Gasteiger partial charge in [-0.1, -0.05) is 37.6 Å². The number of piperidine rings is 1. The number of benzene rings is 1. The third-order valence-electron chi connectivity index (χ3n) is 4.41. The zero-order valence-electron chi connectivity index (χ0n) is 14.1. The lowest BCUT2D eigenvalue weighted by molar-refractivity contribution is 0.0528. The molecule has 0 radical (unpaired) electrons. The highest BCUT2D eigenvalue weighted by molar-refractivity contribution is 7.13.